The van der Waals surface area contributed by atoms with Crippen LogP contribution in [-0.4, -0.2) is 18.0 Å². The number of hydrogen-bond acceptors (Lipinski definition) is 4. The van der Waals surface area contributed by atoms with Gasteiger partial charge in [0.1, 0.15) is 4.88 Å². The van der Waals surface area contributed by atoms with Crippen molar-refractivity contribution in [2.45, 2.75) is 38.3 Å². The molecule has 0 saturated carbocycles. The molecule has 0 saturated heterocycles. The summed E-state index contributed by atoms with van der Waals surface area (Å²) in [6.45, 7) is 1.61. The number of nitrogens with one attached hydrogen (secondary N) is 1. The molecule has 3 rings (SSSR count). The summed E-state index contributed by atoms with van der Waals surface area (Å²) in [6.07, 6.45) is 2.20. The quantitative estimate of drug-likeness (QED) is 0.874. The number of esters is 1. The summed E-state index contributed by atoms with van der Waals surface area (Å²) in [4.78, 5) is 24.8. The van der Waals surface area contributed by atoms with Gasteiger partial charge in [0, 0.05) is 0 Å². The standard InChI is InChI=1S/C18H19NO3S/c1-12(22-18(21)16-10-5-11-23-16)17(20)19-15-9-4-7-13-6-2-3-8-14(13)15/h2-3,5-6,8,10-12,15H,4,7,9H2,1H3,(H,19,20)/t12-,15-/m1/s1. The Kier molecular flexibility index (Phi) is 4.76. The third-order valence-corrected chi connectivity index (χ3v) is 4.91. The lowest BCUT2D eigenvalue weighted by molar-refractivity contribution is -0.130. The zero-order valence-corrected chi connectivity index (χ0v) is 13.8. The van der Waals surface area contributed by atoms with E-state index in [-0.39, 0.29) is 11.9 Å². The minimum absolute atomic E-state index is 0.00431. The number of benzene rings is 1. The van der Waals surface area contributed by atoms with Crippen molar-refractivity contribution in [3.05, 3.63) is 57.8 Å². The molecule has 1 aliphatic rings. The molecule has 5 heteroatoms. The van der Waals surface area contributed by atoms with E-state index < -0.39 is 12.1 Å². The highest BCUT2D eigenvalue weighted by Gasteiger charge is 2.25. The van der Waals surface area contributed by atoms with Crippen molar-refractivity contribution in [1.82, 2.24) is 5.32 Å². The summed E-state index contributed by atoms with van der Waals surface area (Å²) in [5, 5.41) is 4.82. The minimum Gasteiger partial charge on any atom is -0.448 e. The van der Waals surface area contributed by atoms with E-state index in [4.69, 9.17) is 4.74 Å². The van der Waals surface area contributed by atoms with E-state index in [1.807, 2.05) is 12.1 Å². The first-order chi connectivity index (χ1) is 11.1. The zero-order valence-electron chi connectivity index (χ0n) is 13.0. The maximum absolute atomic E-state index is 12.3. The summed E-state index contributed by atoms with van der Waals surface area (Å²) in [5.74, 6) is -0.705. The van der Waals surface area contributed by atoms with Gasteiger partial charge in [0.2, 0.25) is 0 Å². The molecule has 0 spiro atoms. The number of rotatable bonds is 4. The van der Waals surface area contributed by atoms with Gasteiger partial charge in [0.15, 0.2) is 6.10 Å². The van der Waals surface area contributed by atoms with Gasteiger partial charge >= 0.3 is 5.97 Å². The highest BCUT2D eigenvalue weighted by Crippen LogP contribution is 2.29. The molecule has 0 bridgehead atoms. The topological polar surface area (TPSA) is 55.4 Å². The van der Waals surface area contributed by atoms with Crippen LogP contribution < -0.4 is 5.32 Å². The van der Waals surface area contributed by atoms with Gasteiger partial charge in [-0.05, 0) is 48.8 Å². The molecule has 2 atom stereocenters. The molecule has 23 heavy (non-hydrogen) atoms. The lowest BCUT2D eigenvalue weighted by atomic mass is 9.87. The molecule has 1 amide bonds. The predicted octanol–water partition coefficient (Wildman–Crippen LogP) is 3.49. The van der Waals surface area contributed by atoms with E-state index in [0.717, 1.165) is 19.3 Å². The maximum atomic E-state index is 12.3. The SMILES string of the molecule is C[C@@H](OC(=O)c1cccs1)C(=O)N[C@@H]1CCCc2ccccc21. The van der Waals surface area contributed by atoms with E-state index in [1.165, 1.54) is 22.5 Å². The summed E-state index contributed by atoms with van der Waals surface area (Å²) >= 11 is 1.30. The van der Waals surface area contributed by atoms with Crippen LogP contribution in [0.1, 0.15) is 46.6 Å². The second-order valence-corrected chi connectivity index (χ2v) is 6.62. The lowest BCUT2D eigenvalue weighted by Gasteiger charge is -2.27. The number of ether oxygens (including phenoxy) is 1. The minimum atomic E-state index is -0.807. The third kappa shape index (κ3) is 3.62. The fourth-order valence-corrected chi connectivity index (χ4v) is 3.47. The molecule has 1 N–H and O–H groups in total. The van der Waals surface area contributed by atoms with Crippen LogP contribution in [0.3, 0.4) is 0 Å². The first kappa shape index (κ1) is 15.7. The van der Waals surface area contributed by atoms with Crippen molar-refractivity contribution in [1.29, 1.82) is 0 Å². The number of amides is 1. The van der Waals surface area contributed by atoms with Crippen molar-refractivity contribution in [2.24, 2.45) is 0 Å². The smallest absolute Gasteiger partial charge is 0.349 e. The first-order valence-corrected chi connectivity index (χ1v) is 8.66. The van der Waals surface area contributed by atoms with Crippen LogP contribution in [0.4, 0.5) is 0 Å². The molecular weight excluding hydrogens is 310 g/mol. The van der Waals surface area contributed by atoms with Crippen LogP contribution in [0.25, 0.3) is 0 Å². The molecule has 2 aromatic rings. The highest BCUT2D eigenvalue weighted by atomic mass is 32.1. The van der Waals surface area contributed by atoms with Gasteiger partial charge in [0.25, 0.3) is 5.91 Å². The molecular formula is C18H19NO3S. The first-order valence-electron chi connectivity index (χ1n) is 7.78. The molecule has 0 fully saturated rings. The Hall–Kier alpha value is -2.14. The van der Waals surface area contributed by atoms with Gasteiger partial charge in [-0.2, -0.15) is 0 Å². The molecule has 1 aromatic carbocycles. The number of carbonyl (C=O) groups excluding carboxylic acids is 2. The molecule has 1 heterocycles. The van der Waals surface area contributed by atoms with Gasteiger partial charge in [-0.25, -0.2) is 4.79 Å². The van der Waals surface area contributed by atoms with E-state index in [9.17, 15) is 9.59 Å². The highest BCUT2D eigenvalue weighted by molar-refractivity contribution is 7.11. The van der Waals surface area contributed by atoms with Crippen molar-refractivity contribution in [3.63, 3.8) is 0 Å². The number of thiophene rings is 1. The normalized spacial score (nSPS) is 17.9. The van der Waals surface area contributed by atoms with E-state index in [0.29, 0.717) is 4.88 Å². The van der Waals surface area contributed by atoms with Gasteiger partial charge in [-0.1, -0.05) is 30.3 Å². The van der Waals surface area contributed by atoms with Gasteiger partial charge in [-0.15, -0.1) is 11.3 Å². The molecule has 1 aromatic heterocycles. The summed E-state index contributed by atoms with van der Waals surface area (Å²) in [5.41, 5.74) is 2.45. The van der Waals surface area contributed by atoms with Gasteiger partial charge in [-0.3, -0.25) is 4.79 Å². The molecule has 120 valence electrons. The average molecular weight is 329 g/mol. The fourth-order valence-electron chi connectivity index (χ4n) is 2.86. The zero-order chi connectivity index (χ0) is 16.2. The molecule has 0 radical (unpaired) electrons. The van der Waals surface area contributed by atoms with Crippen LogP contribution in [0.5, 0.6) is 0 Å². The monoisotopic (exact) mass is 329 g/mol. The summed E-state index contributed by atoms with van der Waals surface area (Å²) in [7, 11) is 0. The number of fused-ring (bicyclic) bond motifs is 1. The van der Waals surface area contributed by atoms with Crippen molar-refractivity contribution in [3.8, 4) is 0 Å². The van der Waals surface area contributed by atoms with E-state index in [1.54, 1.807) is 24.4 Å². The second-order valence-electron chi connectivity index (χ2n) is 5.68. The Morgan fingerprint density at radius 1 is 1.26 bits per heavy atom. The Balaban J connectivity index is 1.62. The molecule has 4 nitrogen and oxygen atoms in total. The Morgan fingerprint density at radius 2 is 2.09 bits per heavy atom. The third-order valence-electron chi connectivity index (χ3n) is 4.06. The number of aryl methyl sites for hydroxylation is 1. The van der Waals surface area contributed by atoms with Crippen molar-refractivity contribution < 1.29 is 14.3 Å². The van der Waals surface area contributed by atoms with Gasteiger partial charge in [0.05, 0.1) is 6.04 Å². The van der Waals surface area contributed by atoms with Crippen LogP contribution in [0, 0.1) is 0 Å². The lowest BCUT2D eigenvalue weighted by Crippen LogP contribution is -2.39. The molecule has 0 unspecified atom stereocenters. The molecule has 0 aliphatic heterocycles. The predicted molar refractivity (Wildman–Crippen MR) is 89.5 cm³/mol. The van der Waals surface area contributed by atoms with Crippen molar-refractivity contribution >= 4 is 23.2 Å². The Bertz CT molecular complexity index is 696. The van der Waals surface area contributed by atoms with E-state index >= 15 is 0 Å². The summed E-state index contributed by atoms with van der Waals surface area (Å²) in [6, 6.07) is 11.6. The van der Waals surface area contributed by atoms with Crippen LogP contribution >= 0.6 is 11.3 Å². The van der Waals surface area contributed by atoms with Crippen LogP contribution in [0.15, 0.2) is 41.8 Å². The Labute approximate surface area is 139 Å². The number of carbonyl (C=O) groups is 2. The van der Waals surface area contributed by atoms with Crippen LogP contribution in [-0.2, 0) is 16.0 Å². The Morgan fingerprint density at radius 3 is 2.87 bits per heavy atom. The number of hydrogen-bond donors (Lipinski definition) is 1. The largest absolute Gasteiger partial charge is 0.448 e. The van der Waals surface area contributed by atoms with Gasteiger partial charge < -0.3 is 10.1 Å². The average Bonchev–Trinajstić information content (AvgIpc) is 3.09. The van der Waals surface area contributed by atoms with Crippen molar-refractivity contribution in [2.75, 3.05) is 0 Å². The maximum Gasteiger partial charge on any atom is 0.349 e. The van der Waals surface area contributed by atoms with E-state index in [2.05, 4.69) is 17.4 Å². The summed E-state index contributed by atoms with van der Waals surface area (Å²) < 4.78 is 5.25. The molecule has 1 aliphatic carbocycles. The second kappa shape index (κ2) is 6.96. The fraction of sp³-hybridized carbons (Fsp3) is 0.333. The van der Waals surface area contributed by atoms with Crippen LogP contribution in [0.2, 0.25) is 0 Å².